The van der Waals surface area contributed by atoms with Crippen molar-refractivity contribution in [3.8, 4) is 0 Å². The van der Waals surface area contributed by atoms with Gasteiger partial charge >= 0.3 is 0 Å². The lowest BCUT2D eigenvalue weighted by atomic mass is 10.1. The second kappa shape index (κ2) is 5.51. The van der Waals surface area contributed by atoms with Gasteiger partial charge in [0, 0.05) is 19.7 Å². The number of aryl methyl sites for hydroxylation is 1. The number of nitrogens with zero attached hydrogens (tertiary/aromatic N) is 1. The van der Waals surface area contributed by atoms with E-state index in [0.717, 1.165) is 11.1 Å². The van der Waals surface area contributed by atoms with E-state index in [1.807, 2.05) is 19.1 Å². The minimum Gasteiger partial charge on any atom is -0.353 e. The van der Waals surface area contributed by atoms with Gasteiger partial charge in [0.1, 0.15) is 5.15 Å². The maximum Gasteiger partial charge on any atom is 0.217 e. The molecule has 15 heavy (non-hydrogen) atoms. The van der Waals surface area contributed by atoms with Crippen molar-refractivity contribution in [1.82, 2.24) is 10.3 Å². The van der Waals surface area contributed by atoms with E-state index < -0.39 is 0 Å². The summed E-state index contributed by atoms with van der Waals surface area (Å²) in [6, 6.07) is 1.81. The fraction of sp³-hybridized carbons (Fsp3) is 0.273. The van der Waals surface area contributed by atoms with Crippen LogP contribution in [-0.2, 0) is 4.79 Å². The van der Waals surface area contributed by atoms with E-state index in [9.17, 15) is 4.79 Å². The van der Waals surface area contributed by atoms with Crippen molar-refractivity contribution >= 4 is 23.6 Å². The molecule has 0 unspecified atom stereocenters. The molecule has 3 nitrogen and oxygen atoms in total. The van der Waals surface area contributed by atoms with Gasteiger partial charge in [0.05, 0.1) is 0 Å². The van der Waals surface area contributed by atoms with Crippen LogP contribution in [0.1, 0.15) is 18.1 Å². The fourth-order valence-electron chi connectivity index (χ4n) is 1.10. The Morgan fingerprint density at radius 1 is 1.67 bits per heavy atom. The summed E-state index contributed by atoms with van der Waals surface area (Å²) in [6.07, 6.45) is 5.50. The maximum atomic E-state index is 10.6. The number of nitrogens with one attached hydrogen (secondary N) is 1. The first-order valence-corrected chi connectivity index (χ1v) is 5.00. The van der Waals surface area contributed by atoms with Crippen molar-refractivity contribution in [1.29, 1.82) is 0 Å². The van der Waals surface area contributed by atoms with Crippen LogP contribution >= 0.6 is 11.6 Å². The number of aromatic nitrogens is 1. The third-order valence-electron chi connectivity index (χ3n) is 1.88. The van der Waals surface area contributed by atoms with Crippen LogP contribution in [0.4, 0.5) is 0 Å². The van der Waals surface area contributed by atoms with Gasteiger partial charge in [-0.25, -0.2) is 4.98 Å². The summed E-state index contributed by atoms with van der Waals surface area (Å²) in [4.78, 5) is 14.6. The topological polar surface area (TPSA) is 42.0 Å². The molecule has 1 rings (SSSR count). The highest BCUT2D eigenvalue weighted by Crippen LogP contribution is 2.12. The predicted octanol–water partition coefficient (Wildman–Crippen LogP) is 2.19. The summed E-state index contributed by atoms with van der Waals surface area (Å²) < 4.78 is 0. The van der Waals surface area contributed by atoms with Crippen molar-refractivity contribution in [2.24, 2.45) is 0 Å². The van der Waals surface area contributed by atoms with Gasteiger partial charge in [-0.15, -0.1) is 0 Å². The van der Waals surface area contributed by atoms with Crippen molar-refractivity contribution < 1.29 is 4.79 Å². The molecule has 0 saturated heterocycles. The van der Waals surface area contributed by atoms with Gasteiger partial charge in [0.2, 0.25) is 5.91 Å². The van der Waals surface area contributed by atoms with E-state index in [1.54, 1.807) is 12.3 Å². The number of carbonyl (C=O) groups is 1. The Balaban J connectivity index is 2.60. The monoisotopic (exact) mass is 224 g/mol. The van der Waals surface area contributed by atoms with E-state index in [1.165, 1.54) is 6.92 Å². The van der Waals surface area contributed by atoms with Crippen LogP contribution in [0.2, 0.25) is 5.15 Å². The molecule has 0 aliphatic carbocycles. The lowest BCUT2D eigenvalue weighted by molar-refractivity contribution is -0.118. The molecule has 1 aromatic heterocycles. The van der Waals surface area contributed by atoms with Gasteiger partial charge in [-0.3, -0.25) is 4.79 Å². The molecule has 0 aliphatic rings. The summed E-state index contributed by atoms with van der Waals surface area (Å²) in [5.41, 5.74) is 2.07. The third kappa shape index (κ3) is 4.13. The van der Waals surface area contributed by atoms with Gasteiger partial charge in [0.25, 0.3) is 0 Å². The van der Waals surface area contributed by atoms with Crippen LogP contribution in [0, 0.1) is 6.92 Å². The van der Waals surface area contributed by atoms with E-state index in [-0.39, 0.29) is 5.91 Å². The van der Waals surface area contributed by atoms with Crippen LogP contribution in [0.15, 0.2) is 18.3 Å². The molecule has 1 N–H and O–H groups in total. The second-order valence-electron chi connectivity index (χ2n) is 3.20. The van der Waals surface area contributed by atoms with Gasteiger partial charge in [-0.05, 0) is 24.1 Å². The Kier molecular flexibility index (Phi) is 4.31. The number of carbonyl (C=O) groups excluding carboxylic acids is 1. The van der Waals surface area contributed by atoms with Crippen molar-refractivity contribution in [3.05, 3.63) is 34.6 Å². The van der Waals surface area contributed by atoms with Crippen LogP contribution in [0.25, 0.3) is 6.08 Å². The maximum absolute atomic E-state index is 10.6. The fourth-order valence-corrected chi connectivity index (χ4v) is 1.31. The van der Waals surface area contributed by atoms with Crippen LogP contribution in [0.3, 0.4) is 0 Å². The minimum absolute atomic E-state index is 0.0365. The molecule has 1 amide bonds. The number of amides is 1. The zero-order chi connectivity index (χ0) is 11.3. The smallest absolute Gasteiger partial charge is 0.217 e. The van der Waals surface area contributed by atoms with E-state index in [4.69, 9.17) is 11.6 Å². The lowest BCUT2D eigenvalue weighted by Crippen LogP contribution is -2.19. The molecule has 0 radical (unpaired) electrons. The number of rotatable bonds is 3. The second-order valence-corrected chi connectivity index (χ2v) is 3.59. The molecule has 0 aromatic carbocycles. The zero-order valence-electron chi connectivity index (χ0n) is 8.75. The number of hydrogen-bond donors (Lipinski definition) is 1. The van der Waals surface area contributed by atoms with Crippen molar-refractivity contribution in [3.63, 3.8) is 0 Å². The molecule has 0 aliphatic heterocycles. The van der Waals surface area contributed by atoms with Gasteiger partial charge in [-0.1, -0.05) is 23.8 Å². The molecule has 80 valence electrons. The largest absolute Gasteiger partial charge is 0.353 e. The number of halogens is 1. The Morgan fingerprint density at radius 3 is 3.00 bits per heavy atom. The summed E-state index contributed by atoms with van der Waals surface area (Å²) in [6.45, 7) is 3.98. The van der Waals surface area contributed by atoms with Crippen molar-refractivity contribution in [2.45, 2.75) is 13.8 Å². The molecule has 0 atom stereocenters. The minimum atomic E-state index is -0.0365. The highest BCUT2D eigenvalue weighted by molar-refractivity contribution is 6.29. The Bertz CT molecular complexity index is 388. The Labute approximate surface area is 94.2 Å². The summed E-state index contributed by atoms with van der Waals surface area (Å²) in [7, 11) is 0. The summed E-state index contributed by atoms with van der Waals surface area (Å²) in [5, 5.41) is 3.17. The first-order valence-electron chi connectivity index (χ1n) is 4.62. The van der Waals surface area contributed by atoms with E-state index >= 15 is 0 Å². The highest BCUT2D eigenvalue weighted by Gasteiger charge is 1.95. The summed E-state index contributed by atoms with van der Waals surface area (Å²) in [5.74, 6) is -0.0365. The predicted molar refractivity (Wildman–Crippen MR) is 61.7 cm³/mol. The van der Waals surface area contributed by atoms with Gasteiger partial charge in [-0.2, -0.15) is 0 Å². The Morgan fingerprint density at radius 2 is 2.40 bits per heavy atom. The Hall–Kier alpha value is -1.35. The standard InChI is InChI=1S/C11H13ClN2O/c1-8-6-11(12)14-7-10(8)4-3-5-13-9(2)15/h3-4,6-7H,5H2,1-2H3,(H,13,15). The van der Waals surface area contributed by atoms with Gasteiger partial charge in [0.15, 0.2) is 0 Å². The van der Waals surface area contributed by atoms with Gasteiger partial charge < -0.3 is 5.32 Å². The molecule has 0 fully saturated rings. The quantitative estimate of drug-likeness (QED) is 0.800. The molecule has 1 heterocycles. The average molecular weight is 225 g/mol. The molecule has 0 spiro atoms. The number of pyridine rings is 1. The molecular formula is C11H13ClN2O. The highest BCUT2D eigenvalue weighted by atomic mass is 35.5. The van der Waals surface area contributed by atoms with Crippen LogP contribution in [-0.4, -0.2) is 17.4 Å². The first kappa shape index (κ1) is 11.7. The molecular weight excluding hydrogens is 212 g/mol. The summed E-state index contributed by atoms with van der Waals surface area (Å²) >= 11 is 5.73. The molecule has 1 aromatic rings. The molecule has 4 heteroatoms. The zero-order valence-corrected chi connectivity index (χ0v) is 9.51. The molecule has 0 bridgehead atoms. The molecule has 0 saturated carbocycles. The lowest BCUT2D eigenvalue weighted by Gasteiger charge is -2.00. The SMILES string of the molecule is CC(=O)NCC=Cc1cnc(Cl)cc1C. The normalized spacial score (nSPS) is 10.6. The average Bonchev–Trinajstić information content (AvgIpc) is 2.14. The van der Waals surface area contributed by atoms with E-state index in [2.05, 4.69) is 10.3 Å². The van der Waals surface area contributed by atoms with Crippen molar-refractivity contribution in [2.75, 3.05) is 6.54 Å². The van der Waals surface area contributed by atoms with Crippen LogP contribution in [0.5, 0.6) is 0 Å². The van der Waals surface area contributed by atoms with E-state index in [0.29, 0.717) is 11.7 Å². The van der Waals surface area contributed by atoms with Crippen LogP contribution < -0.4 is 5.32 Å². The number of hydrogen-bond acceptors (Lipinski definition) is 2. The third-order valence-corrected chi connectivity index (χ3v) is 2.09. The first-order chi connectivity index (χ1) is 7.09.